The molecule has 1 aromatic heterocycles. The van der Waals surface area contributed by atoms with Gasteiger partial charge in [-0.3, -0.25) is 14.2 Å². The molecule has 0 N–H and O–H groups in total. The van der Waals surface area contributed by atoms with Gasteiger partial charge in [0.1, 0.15) is 5.82 Å². The summed E-state index contributed by atoms with van der Waals surface area (Å²) >= 11 is 1.22. The van der Waals surface area contributed by atoms with Crippen LogP contribution in [0.15, 0.2) is 58.5 Å². The molecule has 0 aliphatic rings. The molecule has 0 saturated carbocycles. The van der Waals surface area contributed by atoms with Gasteiger partial charge >= 0.3 is 0 Å². The van der Waals surface area contributed by atoms with Crippen molar-refractivity contribution in [2.75, 3.05) is 12.4 Å². The zero-order valence-corrected chi connectivity index (χ0v) is 17.2. The highest BCUT2D eigenvalue weighted by molar-refractivity contribution is 7.99. The standard InChI is InChI=1S/C22H23FN2O3S/c1-15(2)28-13-5-12-25-21(27)18-6-3-4-7-19(18)24-22(25)29-14-20(26)16-8-10-17(23)11-9-16/h3-4,6-11,15H,5,12-14H2,1-2H3. The number of fused-ring (bicyclic) bond motifs is 1. The number of hydrogen-bond acceptors (Lipinski definition) is 5. The second-order valence-electron chi connectivity index (χ2n) is 6.86. The van der Waals surface area contributed by atoms with Crippen LogP contribution in [0, 0.1) is 5.82 Å². The highest BCUT2D eigenvalue weighted by Crippen LogP contribution is 2.20. The van der Waals surface area contributed by atoms with Crippen LogP contribution in [0.25, 0.3) is 10.9 Å². The van der Waals surface area contributed by atoms with Crippen molar-refractivity contribution in [3.63, 3.8) is 0 Å². The Labute approximate surface area is 172 Å². The Hall–Kier alpha value is -2.51. The quantitative estimate of drug-likeness (QED) is 0.226. The lowest BCUT2D eigenvalue weighted by atomic mass is 10.1. The summed E-state index contributed by atoms with van der Waals surface area (Å²) < 4.78 is 20.2. The van der Waals surface area contributed by atoms with Crippen molar-refractivity contribution >= 4 is 28.4 Å². The molecule has 0 atom stereocenters. The minimum atomic E-state index is -0.386. The predicted octanol–water partition coefficient (Wildman–Crippen LogP) is 4.33. The van der Waals surface area contributed by atoms with Crippen molar-refractivity contribution in [2.45, 2.75) is 38.1 Å². The third-order valence-electron chi connectivity index (χ3n) is 4.30. The Kier molecular flexibility index (Phi) is 7.17. The molecule has 29 heavy (non-hydrogen) atoms. The molecule has 5 nitrogen and oxygen atoms in total. The van der Waals surface area contributed by atoms with Gasteiger partial charge in [0.15, 0.2) is 10.9 Å². The largest absolute Gasteiger partial charge is 0.379 e. The van der Waals surface area contributed by atoms with Gasteiger partial charge in [0, 0.05) is 18.7 Å². The molecule has 1 heterocycles. The highest BCUT2D eigenvalue weighted by Gasteiger charge is 2.14. The lowest BCUT2D eigenvalue weighted by molar-refractivity contribution is 0.0743. The Morgan fingerprint density at radius 1 is 1.17 bits per heavy atom. The Bertz CT molecular complexity index is 1050. The summed E-state index contributed by atoms with van der Waals surface area (Å²) in [6.45, 7) is 4.92. The molecule has 0 bridgehead atoms. The van der Waals surface area contributed by atoms with E-state index < -0.39 is 0 Å². The van der Waals surface area contributed by atoms with E-state index in [1.807, 2.05) is 26.0 Å². The van der Waals surface area contributed by atoms with E-state index in [9.17, 15) is 14.0 Å². The molecular formula is C22H23FN2O3S. The van der Waals surface area contributed by atoms with Gasteiger partial charge in [-0.15, -0.1) is 0 Å². The second kappa shape index (κ2) is 9.80. The summed E-state index contributed by atoms with van der Waals surface area (Å²) in [5, 5.41) is 1.04. The van der Waals surface area contributed by atoms with Gasteiger partial charge in [0.2, 0.25) is 0 Å². The Morgan fingerprint density at radius 2 is 1.90 bits per heavy atom. The molecular weight excluding hydrogens is 391 g/mol. The topological polar surface area (TPSA) is 61.2 Å². The number of aromatic nitrogens is 2. The summed E-state index contributed by atoms with van der Waals surface area (Å²) in [6.07, 6.45) is 0.793. The van der Waals surface area contributed by atoms with E-state index in [0.29, 0.717) is 41.2 Å². The average molecular weight is 415 g/mol. The molecule has 152 valence electrons. The van der Waals surface area contributed by atoms with E-state index in [1.54, 1.807) is 16.7 Å². The molecule has 7 heteroatoms. The van der Waals surface area contributed by atoms with E-state index >= 15 is 0 Å². The summed E-state index contributed by atoms with van der Waals surface area (Å²) in [5.74, 6) is -0.422. The first-order valence-electron chi connectivity index (χ1n) is 9.48. The first-order valence-corrected chi connectivity index (χ1v) is 10.5. The predicted molar refractivity (Wildman–Crippen MR) is 113 cm³/mol. The van der Waals surface area contributed by atoms with E-state index in [1.165, 1.54) is 36.0 Å². The van der Waals surface area contributed by atoms with Gasteiger partial charge in [-0.05, 0) is 56.7 Å². The molecule has 0 saturated heterocycles. The number of nitrogens with zero attached hydrogens (tertiary/aromatic N) is 2. The normalized spacial score (nSPS) is 11.3. The summed E-state index contributed by atoms with van der Waals surface area (Å²) in [4.78, 5) is 30.0. The first-order chi connectivity index (χ1) is 14.0. The van der Waals surface area contributed by atoms with E-state index in [0.717, 1.165) is 0 Å². The molecule has 3 rings (SSSR count). The van der Waals surface area contributed by atoms with E-state index in [-0.39, 0.29) is 29.0 Å². The van der Waals surface area contributed by atoms with Gasteiger partial charge in [-0.1, -0.05) is 23.9 Å². The van der Waals surface area contributed by atoms with Crippen molar-refractivity contribution < 1.29 is 13.9 Å². The van der Waals surface area contributed by atoms with Crippen LogP contribution in [-0.2, 0) is 11.3 Å². The highest BCUT2D eigenvalue weighted by atomic mass is 32.2. The van der Waals surface area contributed by atoms with E-state index in [2.05, 4.69) is 4.98 Å². The van der Waals surface area contributed by atoms with Crippen LogP contribution in [0.2, 0.25) is 0 Å². The minimum absolute atomic E-state index is 0.110. The van der Waals surface area contributed by atoms with Gasteiger partial charge in [0.05, 0.1) is 22.8 Å². The van der Waals surface area contributed by atoms with Gasteiger partial charge in [-0.2, -0.15) is 0 Å². The average Bonchev–Trinajstić information content (AvgIpc) is 2.71. The van der Waals surface area contributed by atoms with Crippen molar-refractivity contribution in [1.82, 2.24) is 9.55 Å². The fourth-order valence-corrected chi connectivity index (χ4v) is 3.77. The number of para-hydroxylation sites is 1. The molecule has 0 aliphatic carbocycles. The number of Topliss-reactive ketones (excluding diaryl/α,β-unsaturated/α-hetero) is 1. The van der Waals surface area contributed by atoms with Crippen LogP contribution in [0.1, 0.15) is 30.6 Å². The maximum absolute atomic E-state index is 13.1. The van der Waals surface area contributed by atoms with Crippen LogP contribution in [0.5, 0.6) is 0 Å². The van der Waals surface area contributed by atoms with Gasteiger partial charge in [0.25, 0.3) is 5.56 Å². The van der Waals surface area contributed by atoms with Crippen LogP contribution < -0.4 is 5.56 Å². The molecule has 0 radical (unpaired) electrons. The molecule has 2 aromatic carbocycles. The third kappa shape index (κ3) is 5.52. The second-order valence-corrected chi connectivity index (χ2v) is 7.80. The number of carbonyl (C=O) groups excluding carboxylic acids is 1. The summed E-state index contributed by atoms with van der Waals surface area (Å²) in [6, 6.07) is 12.6. The van der Waals surface area contributed by atoms with Crippen LogP contribution >= 0.6 is 11.8 Å². The van der Waals surface area contributed by atoms with Crippen LogP contribution in [0.4, 0.5) is 4.39 Å². The lowest BCUT2D eigenvalue weighted by Gasteiger charge is -2.14. The molecule has 0 unspecified atom stereocenters. The maximum Gasteiger partial charge on any atom is 0.262 e. The summed E-state index contributed by atoms with van der Waals surface area (Å²) in [5.41, 5.74) is 0.903. The SMILES string of the molecule is CC(C)OCCCn1c(SCC(=O)c2ccc(F)cc2)nc2ccccc2c1=O. The number of hydrogen-bond donors (Lipinski definition) is 0. The van der Waals surface area contributed by atoms with Crippen LogP contribution in [-0.4, -0.2) is 33.8 Å². The summed E-state index contributed by atoms with van der Waals surface area (Å²) in [7, 11) is 0. The van der Waals surface area contributed by atoms with Gasteiger partial charge < -0.3 is 4.74 Å². The van der Waals surface area contributed by atoms with Crippen molar-refractivity contribution in [3.8, 4) is 0 Å². The molecule has 0 fully saturated rings. The van der Waals surface area contributed by atoms with Gasteiger partial charge in [-0.25, -0.2) is 9.37 Å². The number of rotatable bonds is 9. The molecule has 3 aromatic rings. The Morgan fingerprint density at radius 3 is 2.62 bits per heavy atom. The first kappa shape index (κ1) is 21.2. The smallest absolute Gasteiger partial charge is 0.262 e. The zero-order chi connectivity index (χ0) is 20.8. The molecule has 0 amide bonds. The van der Waals surface area contributed by atoms with Crippen LogP contribution in [0.3, 0.4) is 0 Å². The monoisotopic (exact) mass is 414 g/mol. The zero-order valence-electron chi connectivity index (χ0n) is 16.4. The number of carbonyl (C=O) groups is 1. The number of ether oxygens (including phenoxy) is 1. The van der Waals surface area contributed by atoms with Crippen molar-refractivity contribution in [3.05, 3.63) is 70.3 Å². The third-order valence-corrected chi connectivity index (χ3v) is 5.28. The molecule has 0 spiro atoms. The number of halogens is 1. The Balaban J connectivity index is 1.82. The van der Waals surface area contributed by atoms with E-state index in [4.69, 9.17) is 4.74 Å². The fraction of sp³-hybridized carbons (Fsp3) is 0.318. The fourth-order valence-electron chi connectivity index (χ4n) is 2.85. The maximum atomic E-state index is 13.1. The molecule has 0 aliphatic heterocycles. The van der Waals surface area contributed by atoms with Crippen molar-refractivity contribution in [2.24, 2.45) is 0 Å². The number of thioether (sulfide) groups is 1. The van der Waals surface area contributed by atoms with Crippen molar-refractivity contribution in [1.29, 1.82) is 0 Å². The number of benzene rings is 2. The lowest BCUT2D eigenvalue weighted by Crippen LogP contribution is -2.24. The minimum Gasteiger partial charge on any atom is -0.379 e. The number of ketones is 1.